The van der Waals surface area contributed by atoms with E-state index in [1.165, 1.54) is 0 Å². The maximum absolute atomic E-state index is 12.9. The quantitative estimate of drug-likeness (QED) is 0.906. The van der Waals surface area contributed by atoms with Crippen LogP contribution in [0.1, 0.15) is 37.4 Å². The third kappa shape index (κ3) is 3.27. The Kier molecular flexibility index (Phi) is 4.56. The van der Waals surface area contributed by atoms with Crippen LogP contribution in [0.2, 0.25) is 0 Å². The van der Waals surface area contributed by atoms with Crippen molar-refractivity contribution in [3.8, 4) is 0 Å². The third-order valence-electron chi connectivity index (χ3n) is 4.54. The lowest BCUT2D eigenvalue weighted by atomic mass is 9.87. The Balaban J connectivity index is 1.76. The van der Waals surface area contributed by atoms with Crippen LogP contribution in [0.15, 0.2) is 30.3 Å². The number of rotatable bonds is 2. The Bertz CT molecular complexity index is 477. The Hall–Kier alpha value is -1.39. The molecule has 0 bridgehead atoms. The first-order chi connectivity index (χ1) is 10.3. The number of hydrogen-bond acceptors (Lipinski definition) is 3. The first-order valence-corrected chi connectivity index (χ1v) is 7.96. The lowest BCUT2D eigenvalue weighted by Crippen LogP contribution is -2.49. The molecule has 3 atom stereocenters. The summed E-state index contributed by atoms with van der Waals surface area (Å²) in [7, 11) is 0. The number of benzene rings is 1. The van der Waals surface area contributed by atoms with Crippen molar-refractivity contribution >= 4 is 5.91 Å². The Morgan fingerprint density at radius 2 is 2.00 bits per heavy atom. The van der Waals surface area contributed by atoms with E-state index in [1.807, 2.05) is 23.1 Å². The highest BCUT2D eigenvalue weighted by molar-refractivity contribution is 5.80. The van der Waals surface area contributed by atoms with E-state index in [0.29, 0.717) is 6.54 Å². The van der Waals surface area contributed by atoms with Crippen LogP contribution in [-0.2, 0) is 9.53 Å². The van der Waals surface area contributed by atoms with Crippen molar-refractivity contribution in [2.75, 3.05) is 19.7 Å². The van der Waals surface area contributed by atoms with Gasteiger partial charge >= 0.3 is 0 Å². The number of piperidine rings is 1. The molecule has 2 aliphatic heterocycles. The van der Waals surface area contributed by atoms with Crippen LogP contribution in [0.5, 0.6) is 0 Å². The molecule has 2 N–H and O–H groups in total. The predicted molar refractivity (Wildman–Crippen MR) is 81.6 cm³/mol. The van der Waals surface area contributed by atoms with Gasteiger partial charge < -0.3 is 15.4 Å². The number of likely N-dealkylation sites (tertiary alicyclic amines) is 1. The predicted octanol–water partition coefficient (Wildman–Crippen LogP) is 2.10. The van der Waals surface area contributed by atoms with Gasteiger partial charge in [-0.1, -0.05) is 30.3 Å². The zero-order valence-electron chi connectivity index (χ0n) is 12.4. The average Bonchev–Trinajstić information content (AvgIpc) is 2.55. The van der Waals surface area contributed by atoms with Gasteiger partial charge in [0.25, 0.3) is 0 Å². The van der Waals surface area contributed by atoms with Gasteiger partial charge in [0.05, 0.1) is 12.0 Å². The van der Waals surface area contributed by atoms with Crippen LogP contribution in [0.3, 0.4) is 0 Å². The summed E-state index contributed by atoms with van der Waals surface area (Å²) in [4.78, 5) is 14.8. The number of nitrogens with two attached hydrogens (primary N) is 1. The second-order valence-corrected chi connectivity index (χ2v) is 6.14. The van der Waals surface area contributed by atoms with E-state index in [9.17, 15) is 4.79 Å². The van der Waals surface area contributed by atoms with Crippen LogP contribution in [-0.4, -0.2) is 36.5 Å². The van der Waals surface area contributed by atoms with Gasteiger partial charge in [0.1, 0.15) is 0 Å². The minimum absolute atomic E-state index is 0.0635. The van der Waals surface area contributed by atoms with E-state index in [2.05, 4.69) is 12.1 Å². The Labute approximate surface area is 126 Å². The van der Waals surface area contributed by atoms with E-state index in [4.69, 9.17) is 10.5 Å². The van der Waals surface area contributed by atoms with Crippen LogP contribution in [0, 0.1) is 5.92 Å². The molecular weight excluding hydrogens is 264 g/mol. The molecule has 4 nitrogen and oxygen atoms in total. The molecule has 2 aliphatic rings. The third-order valence-corrected chi connectivity index (χ3v) is 4.54. The summed E-state index contributed by atoms with van der Waals surface area (Å²) in [6.07, 6.45) is 3.79. The number of ether oxygens (including phenoxy) is 1. The van der Waals surface area contributed by atoms with Crippen molar-refractivity contribution in [3.63, 3.8) is 0 Å². The summed E-state index contributed by atoms with van der Waals surface area (Å²) in [5.41, 5.74) is 7.12. The number of hydrogen-bond donors (Lipinski definition) is 1. The summed E-state index contributed by atoms with van der Waals surface area (Å²) in [5, 5.41) is 0. The zero-order valence-corrected chi connectivity index (χ0v) is 12.4. The molecule has 21 heavy (non-hydrogen) atoms. The van der Waals surface area contributed by atoms with Gasteiger partial charge in [-0.25, -0.2) is 0 Å². The summed E-state index contributed by atoms with van der Waals surface area (Å²) in [6.45, 7) is 2.27. The molecule has 3 rings (SSSR count). The summed E-state index contributed by atoms with van der Waals surface area (Å²) in [6, 6.07) is 10.2. The maximum atomic E-state index is 12.9. The SMILES string of the molecule is NC1CCCN(C(=O)C2CCCOC2c2ccccc2)C1. The average molecular weight is 288 g/mol. The van der Waals surface area contributed by atoms with Crippen LogP contribution < -0.4 is 5.73 Å². The molecule has 1 aromatic rings. The second kappa shape index (κ2) is 6.58. The largest absolute Gasteiger partial charge is 0.373 e. The van der Waals surface area contributed by atoms with E-state index in [-0.39, 0.29) is 24.0 Å². The molecule has 2 heterocycles. The fraction of sp³-hybridized carbons (Fsp3) is 0.588. The van der Waals surface area contributed by atoms with Gasteiger partial charge in [0, 0.05) is 25.7 Å². The molecule has 1 aromatic carbocycles. The highest BCUT2D eigenvalue weighted by atomic mass is 16.5. The molecule has 4 heteroatoms. The standard InChI is InChI=1S/C17H24N2O2/c18-14-8-4-10-19(12-14)17(20)15-9-5-11-21-16(15)13-6-2-1-3-7-13/h1-3,6-7,14-16H,4-5,8-12,18H2. The van der Waals surface area contributed by atoms with Gasteiger partial charge in [-0.15, -0.1) is 0 Å². The van der Waals surface area contributed by atoms with E-state index < -0.39 is 0 Å². The highest BCUT2D eigenvalue weighted by Crippen LogP contribution is 2.35. The molecule has 0 saturated carbocycles. The van der Waals surface area contributed by atoms with Crippen molar-refractivity contribution in [2.45, 2.75) is 37.8 Å². The molecule has 0 radical (unpaired) electrons. The van der Waals surface area contributed by atoms with Crippen molar-refractivity contribution < 1.29 is 9.53 Å². The van der Waals surface area contributed by atoms with Crippen molar-refractivity contribution in [1.29, 1.82) is 0 Å². The number of amides is 1. The molecule has 3 unspecified atom stereocenters. The Morgan fingerprint density at radius 1 is 1.19 bits per heavy atom. The number of carbonyl (C=O) groups excluding carboxylic acids is 1. The van der Waals surface area contributed by atoms with Gasteiger partial charge in [0.15, 0.2) is 0 Å². The summed E-state index contributed by atoms with van der Waals surface area (Å²) < 4.78 is 5.94. The van der Waals surface area contributed by atoms with Crippen molar-refractivity contribution in [3.05, 3.63) is 35.9 Å². The van der Waals surface area contributed by atoms with Crippen molar-refractivity contribution in [1.82, 2.24) is 4.90 Å². The van der Waals surface area contributed by atoms with Crippen LogP contribution in [0.4, 0.5) is 0 Å². The van der Waals surface area contributed by atoms with E-state index in [1.54, 1.807) is 0 Å². The lowest BCUT2D eigenvalue weighted by Gasteiger charge is -2.37. The van der Waals surface area contributed by atoms with Gasteiger partial charge in [0.2, 0.25) is 5.91 Å². The lowest BCUT2D eigenvalue weighted by molar-refractivity contribution is -0.146. The molecule has 0 aromatic heterocycles. The molecular formula is C17H24N2O2. The molecule has 2 saturated heterocycles. The van der Waals surface area contributed by atoms with Crippen molar-refractivity contribution in [2.24, 2.45) is 11.7 Å². The second-order valence-electron chi connectivity index (χ2n) is 6.14. The molecule has 0 spiro atoms. The molecule has 2 fully saturated rings. The van der Waals surface area contributed by atoms with Gasteiger partial charge in [-0.3, -0.25) is 4.79 Å². The topological polar surface area (TPSA) is 55.6 Å². The number of nitrogens with zero attached hydrogens (tertiary/aromatic N) is 1. The summed E-state index contributed by atoms with van der Waals surface area (Å²) in [5.74, 6) is 0.158. The fourth-order valence-corrected chi connectivity index (χ4v) is 3.45. The molecule has 1 amide bonds. The Morgan fingerprint density at radius 3 is 2.76 bits per heavy atom. The normalized spacial score (nSPS) is 30.1. The smallest absolute Gasteiger partial charge is 0.228 e. The number of carbonyl (C=O) groups is 1. The fourth-order valence-electron chi connectivity index (χ4n) is 3.45. The van der Waals surface area contributed by atoms with Gasteiger partial charge in [-0.2, -0.15) is 0 Å². The monoisotopic (exact) mass is 288 g/mol. The first-order valence-electron chi connectivity index (χ1n) is 7.96. The van der Waals surface area contributed by atoms with Crippen LogP contribution >= 0.6 is 0 Å². The maximum Gasteiger partial charge on any atom is 0.228 e. The van der Waals surface area contributed by atoms with E-state index >= 15 is 0 Å². The van der Waals surface area contributed by atoms with Crippen LogP contribution in [0.25, 0.3) is 0 Å². The summed E-state index contributed by atoms with van der Waals surface area (Å²) >= 11 is 0. The van der Waals surface area contributed by atoms with E-state index in [0.717, 1.165) is 44.4 Å². The first kappa shape index (κ1) is 14.5. The molecule has 0 aliphatic carbocycles. The van der Waals surface area contributed by atoms with Gasteiger partial charge in [-0.05, 0) is 31.2 Å². The highest BCUT2D eigenvalue weighted by Gasteiger charge is 2.36. The zero-order chi connectivity index (χ0) is 14.7. The minimum Gasteiger partial charge on any atom is -0.373 e. The minimum atomic E-state index is -0.106. The molecule has 114 valence electrons.